The van der Waals surface area contributed by atoms with E-state index in [1.54, 1.807) is 18.3 Å². The van der Waals surface area contributed by atoms with E-state index >= 15 is 0 Å². The van der Waals surface area contributed by atoms with Gasteiger partial charge in [-0.05, 0) is 25.1 Å². The van der Waals surface area contributed by atoms with Crippen molar-refractivity contribution in [2.24, 2.45) is 11.5 Å². The molecular formula is C9H15N3O. The summed E-state index contributed by atoms with van der Waals surface area (Å²) in [5.41, 5.74) is 10.4. The maximum Gasteiger partial charge on any atom is 0.250 e. The number of primary amides is 1. The molecule has 0 unspecified atom stereocenters. The molecule has 13 heavy (non-hydrogen) atoms. The van der Waals surface area contributed by atoms with Crippen molar-refractivity contribution < 1.29 is 4.79 Å². The Hall–Kier alpha value is -1.42. The number of aromatic nitrogens is 1. The first-order chi connectivity index (χ1) is 6.22. The van der Waals surface area contributed by atoms with Crippen LogP contribution in [0.4, 0.5) is 0 Å². The van der Waals surface area contributed by atoms with Gasteiger partial charge < -0.3 is 11.5 Å². The lowest BCUT2D eigenvalue weighted by atomic mass is 10.3. The van der Waals surface area contributed by atoms with E-state index < -0.39 is 5.91 Å². The van der Waals surface area contributed by atoms with Crippen molar-refractivity contribution in [2.75, 3.05) is 6.54 Å². The van der Waals surface area contributed by atoms with Gasteiger partial charge in [-0.1, -0.05) is 6.92 Å². The number of pyridine rings is 1. The maximum atomic E-state index is 10.4. The highest BCUT2D eigenvalue weighted by Gasteiger charge is 1.94. The molecular weight excluding hydrogens is 166 g/mol. The van der Waals surface area contributed by atoms with E-state index in [2.05, 4.69) is 11.9 Å². The summed E-state index contributed by atoms with van der Waals surface area (Å²) in [4.78, 5) is 14.1. The molecule has 72 valence electrons. The van der Waals surface area contributed by atoms with E-state index in [1.807, 2.05) is 0 Å². The zero-order valence-corrected chi connectivity index (χ0v) is 7.73. The van der Waals surface area contributed by atoms with Crippen LogP contribution in [0, 0.1) is 0 Å². The fourth-order valence-corrected chi connectivity index (χ4v) is 0.509. The standard InChI is InChI=1S/C6H6N2O.C3H9N/c7-6(9)5-2-1-3-8-4-5;1-2-3-4/h1-4H,(H2,7,9);2-4H2,1H3. The van der Waals surface area contributed by atoms with Crippen LogP contribution in [-0.2, 0) is 0 Å². The summed E-state index contributed by atoms with van der Waals surface area (Å²) in [5.74, 6) is -0.442. The highest BCUT2D eigenvalue weighted by Crippen LogP contribution is 1.91. The molecule has 1 aromatic heterocycles. The molecule has 0 saturated carbocycles. The number of nitrogens with two attached hydrogens (primary N) is 2. The minimum absolute atomic E-state index is 0.442. The van der Waals surface area contributed by atoms with E-state index in [0.29, 0.717) is 5.56 Å². The van der Waals surface area contributed by atoms with Gasteiger partial charge in [-0.25, -0.2) is 0 Å². The Labute approximate surface area is 78.0 Å². The maximum absolute atomic E-state index is 10.4. The van der Waals surface area contributed by atoms with Gasteiger partial charge in [0, 0.05) is 12.4 Å². The van der Waals surface area contributed by atoms with Crippen LogP contribution >= 0.6 is 0 Å². The lowest BCUT2D eigenvalue weighted by Gasteiger charge is -1.88. The minimum atomic E-state index is -0.442. The number of amides is 1. The second-order valence-electron chi connectivity index (χ2n) is 2.39. The summed E-state index contributed by atoms with van der Waals surface area (Å²) in [5, 5.41) is 0. The molecule has 0 aromatic carbocycles. The Morgan fingerprint density at radius 3 is 2.46 bits per heavy atom. The van der Waals surface area contributed by atoms with Gasteiger partial charge in [-0.15, -0.1) is 0 Å². The Kier molecular flexibility index (Phi) is 6.45. The molecule has 0 saturated heterocycles. The molecule has 0 radical (unpaired) electrons. The predicted octanol–water partition coefficient (Wildman–Crippen LogP) is 0.536. The van der Waals surface area contributed by atoms with Crippen LogP contribution in [0.2, 0.25) is 0 Å². The molecule has 4 heteroatoms. The average molecular weight is 181 g/mol. The summed E-state index contributed by atoms with van der Waals surface area (Å²) in [6.45, 7) is 2.88. The van der Waals surface area contributed by atoms with Crippen molar-refractivity contribution in [3.63, 3.8) is 0 Å². The normalized spacial score (nSPS) is 8.46. The molecule has 1 rings (SSSR count). The fraction of sp³-hybridized carbons (Fsp3) is 0.333. The number of carbonyl (C=O) groups is 1. The molecule has 0 aliphatic rings. The highest BCUT2D eigenvalue weighted by molar-refractivity contribution is 5.92. The van der Waals surface area contributed by atoms with Crippen molar-refractivity contribution in [1.82, 2.24) is 4.98 Å². The quantitative estimate of drug-likeness (QED) is 0.698. The molecule has 1 heterocycles. The molecule has 0 fully saturated rings. The van der Waals surface area contributed by atoms with Crippen LogP contribution in [-0.4, -0.2) is 17.4 Å². The van der Waals surface area contributed by atoms with Crippen LogP contribution in [0.15, 0.2) is 24.5 Å². The third-order valence-corrected chi connectivity index (χ3v) is 1.23. The first-order valence-electron chi connectivity index (χ1n) is 4.12. The molecule has 1 amide bonds. The summed E-state index contributed by atoms with van der Waals surface area (Å²) < 4.78 is 0. The highest BCUT2D eigenvalue weighted by atomic mass is 16.1. The van der Waals surface area contributed by atoms with E-state index in [4.69, 9.17) is 11.5 Å². The van der Waals surface area contributed by atoms with Crippen molar-refractivity contribution in [3.05, 3.63) is 30.1 Å². The second kappa shape index (κ2) is 7.24. The Morgan fingerprint density at radius 2 is 2.23 bits per heavy atom. The predicted molar refractivity (Wildman–Crippen MR) is 52.1 cm³/mol. The Morgan fingerprint density at radius 1 is 1.62 bits per heavy atom. The largest absolute Gasteiger partial charge is 0.366 e. The van der Waals surface area contributed by atoms with Crippen LogP contribution in [0.1, 0.15) is 23.7 Å². The molecule has 4 N–H and O–H groups in total. The van der Waals surface area contributed by atoms with Gasteiger partial charge in [0.2, 0.25) is 5.91 Å². The molecule has 0 bridgehead atoms. The van der Waals surface area contributed by atoms with Crippen molar-refractivity contribution in [1.29, 1.82) is 0 Å². The third-order valence-electron chi connectivity index (χ3n) is 1.23. The van der Waals surface area contributed by atoms with Crippen LogP contribution in [0.25, 0.3) is 0 Å². The second-order valence-corrected chi connectivity index (χ2v) is 2.39. The van der Waals surface area contributed by atoms with Gasteiger partial charge in [0.1, 0.15) is 0 Å². The topological polar surface area (TPSA) is 82.0 Å². The van der Waals surface area contributed by atoms with Crippen LogP contribution in [0.3, 0.4) is 0 Å². The molecule has 0 atom stereocenters. The smallest absolute Gasteiger partial charge is 0.250 e. The Balaban J connectivity index is 0.000000310. The molecule has 0 aliphatic heterocycles. The zero-order chi connectivity index (χ0) is 10.1. The van der Waals surface area contributed by atoms with Crippen LogP contribution in [0.5, 0.6) is 0 Å². The van der Waals surface area contributed by atoms with Crippen molar-refractivity contribution in [2.45, 2.75) is 13.3 Å². The zero-order valence-electron chi connectivity index (χ0n) is 7.73. The minimum Gasteiger partial charge on any atom is -0.366 e. The molecule has 0 spiro atoms. The van der Waals surface area contributed by atoms with Crippen molar-refractivity contribution >= 4 is 5.91 Å². The molecule has 4 nitrogen and oxygen atoms in total. The number of hydrogen-bond donors (Lipinski definition) is 2. The Bertz CT molecular complexity index is 234. The van der Waals surface area contributed by atoms with Crippen LogP contribution < -0.4 is 11.5 Å². The molecule has 0 aliphatic carbocycles. The van der Waals surface area contributed by atoms with E-state index in [9.17, 15) is 4.79 Å². The lowest BCUT2D eigenvalue weighted by Crippen LogP contribution is -2.10. The number of carbonyl (C=O) groups excluding carboxylic acids is 1. The fourth-order valence-electron chi connectivity index (χ4n) is 0.509. The lowest BCUT2D eigenvalue weighted by molar-refractivity contribution is 0.1000. The van der Waals surface area contributed by atoms with E-state index in [-0.39, 0.29) is 0 Å². The average Bonchev–Trinajstić information content (AvgIpc) is 2.19. The van der Waals surface area contributed by atoms with Gasteiger partial charge in [-0.2, -0.15) is 0 Å². The summed E-state index contributed by atoms with van der Waals surface area (Å²) in [6.07, 6.45) is 4.12. The van der Waals surface area contributed by atoms with Gasteiger partial charge in [0.25, 0.3) is 0 Å². The summed E-state index contributed by atoms with van der Waals surface area (Å²) in [7, 11) is 0. The van der Waals surface area contributed by atoms with Gasteiger partial charge in [0.15, 0.2) is 0 Å². The van der Waals surface area contributed by atoms with E-state index in [1.165, 1.54) is 6.20 Å². The third kappa shape index (κ3) is 5.81. The van der Waals surface area contributed by atoms with Gasteiger partial charge >= 0.3 is 0 Å². The number of rotatable bonds is 2. The first-order valence-corrected chi connectivity index (χ1v) is 4.12. The summed E-state index contributed by atoms with van der Waals surface area (Å²) >= 11 is 0. The molecule has 1 aromatic rings. The monoisotopic (exact) mass is 181 g/mol. The SMILES string of the molecule is CCCN.NC(=O)c1cccnc1. The van der Waals surface area contributed by atoms with Gasteiger partial charge in [-0.3, -0.25) is 9.78 Å². The summed E-state index contributed by atoms with van der Waals surface area (Å²) in [6, 6.07) is 3.29. The number of nitrogens with zero attached hydrogens (tertiary/aromatic N) is 1. The van der Waals surface area contributed by atoms with E-state index in [0.717, 1.165) is 13.0 Å². The van der Waals surface area contributed by atoms with Gasteiger partial charge in [0.05, 0.1) is 5.56 Å². The first kappa shape index (κ1) is 11.6. The van der Waals surface area contributed by atoms with Crippen molar-refractivity contribution in [3.8, 4) is 0 Å². The number of hydrogen-bond acceptors (Lipinski definition) is 3.